The van der Waals surface area contributed by atoms with Crippen molar-refractivity contribution >= 4 is 19.0 Å². The number of hydrogen-bond acceptors (Lipinski definition) is 6. The minimum atomic E-state index is -4.46. The van der Waals surface area contributed by atoms with E-state index in [1.165, 1.54) is 6.33 Å². The van der Waals surface area contributed by atoms with Crippen molar-refractivity contribution in [1.29, 1.82) is 0 Å². The molecule has 2 atom stereocenters. The normalized spacial score (nSPS) is 23.0. The molecule has 0 radical (unpaired) electrons. The van der Waals surface area contributed by atoms with E-state index in [1.807, 2.05) is 11.5 Å². The number of fused-ring (bicyclic) bond motifs is 1. The van der Waals surface area contributed by atoms with Gasteiger partial charge in [-0.2, -0.15) is 0 Å². The van der Waals surface area contributed by atoms with Crippen molar-refractivity contribution in [2.45, 2.75) is 32.1 Å². The molecule has 0 amide bonds. The van der Waals surface area contributed by atoms with Crippen molar-refractivity contribution in [2.75, 3.05) is 6.61 Å². The zero-order valence-corrected chi connectivity index (χ0v) is 12.2. The zero-order chi connectivity index (χ0) is 15.0. The van der Waals surface area contributed by atoms with Gasteiger partial charge in [-0.15, -0.1) is 0 Å². The molecule has 1 fully saturated rings. The number of ether oxygens (including phenoxy) is 1. The largest absolute Gasteiger partial charge is 0.469 e. The Morgan fingerprint density at radius 1 is 1.43 bits per heavy atom. The van der Waals surface area contributed by atoms with Crippen LogP contribution in [0, 0.1) is 6.92 Å². The number of phosphoric acid groups is 1. The molecule has 0 bridgehead atoms. The Morgan fingerprint density at radius 2 is 2.24 bits per heavy atom. The fourth-order valence-corrected chi connectivity index (χ4v) is 2.73. The smallest absolute Gasteiger partial charge is 0.352 e. The van der Waals surface area contributed by atoms with Crippen LogP contribution in [0.4, 0.5) is 0 Å². The lowest BCUT2D eigenvalue weighted by molar-refractivity contribution is -0.0205. The number of nitrogens with zero attached hydrogens (tertiary/aromatic N) is 4. The van der Waals surface area contributed by atoms with Crippen LogP contribution in [-0.4, -0.2) is 42.0 Å². The first-order valence-electron chi connectivity index (χ1n) is 6.44. The van der Waals surface area contributed by atoms with Gasteiger partial charge < -0.3 is 14.5 Å². The topological polar surface area (TPSA) is 120 Å². The summed E-state index contributed by atoms with van der Waals surface area (Å²) in [5, 5.41) is 0. The van der Waals surface area contributed by atoms with Crippen molar-refractivity contribution in [1.82, 2.24) is 19.5 Å². The molecule has 21 heavy (non-hydrogen) atoms. The highest BCUT2D eigenvalue weighted by molar-refractivity contribution is 7.46. The molecule has 0 saturated carbocycles. The summed E-state index contributed by atoms with van der Waals surface area (Å²) in [5.41, 5.74) is 2.19. The van der Waals surface area contributed by atoms with Crippen LogP contribution in [0.5, 0.6) is 0 Å². The number of imidazole rings is 1. The SMILES string of the molecule is Cc1ncnc2c1ncn2[C@H]1CC[C@@H](COP(=O)(O)O)O1. The summed E-state index contributed by atoms with van der Waals surface area (Å²) in [6.07, 6.45) is 3.83. The van der Waals surface area contributed by atoms with Gasteiger partial charge in [-0.05, 0) is 19.8 Å². The molecule has 3 rings (SSSR count). The number of hydrogen-bond donors (Lipinski definition) is 2. The van der Waals surface area contributed by atoms with Gasteiger partial charge in [0, 0.05) is 0 Å². The van der Waals surface area contributed by atoms with Gasteiger partial charge in [0.1, 0.15) is 18.1 Å². The average molecular weight is 314 g/mol. The van der Waals surface area contributed by atoms with E-state index in [9.17, 15) is 4.57 Å². The van der Waals surface area contributed by atoms with Crippen molar-refractivity contribution in [2.24, 2.45) is 0 Å². The van der Waals surface area contributed by atoms with Gasteiger partial charge in [0.05, 0.1) is 24.7 Å². The van der Waals surface area contributed by atoms with Crippen LogP contribution < -0.4 is 0 Å². The lowest BCUT2D eigenvalue weighted by Gasteiger charge is -2.15. The van der Waals surface area contributed by atoms with Crippen LogP contribution in [0.1, 0.15) is 24.8 Å². The van der Waals surface area contributed by atoms with E-state index in [0.717, 1.165) is 11.2 Å². The van der Waals surface area contributed by atoms with E-state index >= 15 is 0 Å². The van der Waals surface area contributed by atoms with Crippen LogP contribution in [0.3, 0.4) is 0 Å². The monoisotopic (exact) mass is 314 g/mol. The molecule has 2 N–H and O–H groups in total. The zero-order valence-electron chi connectivity index (χ0n) is 11.3. The van der Waals surface area contributed by atoms with E-state index in [-0.39, 0.29) is 18.9 Å². The predicted octanol–water partition coefficient (Wildman–Crippen LogP) is 0.922. The third-order valence-corrected chi connectivity index (χ3v) is 3.85. The fourth-order valence-electron chi connectivity index (χ4n) is 2.37. The van der Waals surface area contributed by atoms with Gasteiger partial charge >= 0.3 is 7.82 Å². The molecule has 2 aromatic heterocycles. The van der Waals surface area contributed by atoms with E-state index < -0.39 is 7.82 Å². The second kappa shape index (κ2) is 5.43. The first-order chi connectivity index (χ1) is 9.94. The maximum atomic E-state index is 10.7. The van der Waals surface area contributed by atoms with Crippen LogP contribution in [0.2, 0.25) is 0 Å². The fraction of sp³-hybridized carbons (Fsp3) is 0.545. The minimum absolute atomic E-state index is 0.137. The molecule has 9 nitrogen and oxygen atoms in total. The quantitative estimate of drug-likeness (QED) is 0.799. The Morgan fingerprint density at radius 3 is 3.00 bits per heavy atom. The van der Waals surface area contributed by atoms with E-state index in [2.05, 4.69) is 19.5 Å². The molecule has 0 aliphatic carbocycles. The molecule has 1 aliphatic rings. The molecule has 10 heteroatoms. The minimum Gasteiger partial charge on any atom is -0.352 e. The highest BCUT2D eigenvalue weighted by Crippen LogP contribution is 2.38. The summed E-state index contributed by atoms with van der Waals surface area (Å²) >= 11 is 0. The van der Waals surface area contributed by atoms with Crippen molar-refractivity contribution in [3.63, 3.8) is 0 Å². The summed E-state index contributed by atoms with van der Waals surface area (Å²) < 4.78 is 22.7. The van der Waals surface area contributed by atoms with Crippen molar-refractivity contribution < 1.29 is 23.6 Å². The average Bonchev–Trinajstić information content (AvgIpc) is 3.02. The molecule has 1 saturated heterocycles. The van der Waals surface area contributed by atoms with E-state index in [1.54, 1.807) is 6.33 Å². The van der Waals surface area contributed by atoms with Gasteiger partial charge in [0.2, 0.25) is 0 Å². The van der Waals surface area contributed by atoms with Crippen LogP contribution in [0.25, 0.3) is 11.2 Å². The van der Waals surface area contributed by atoms with Crippen LogP contribution in [-0.2, 0) is 13.8 Å². The van der Waals surface area contributed by atoms with Crippen LogP contribution in [0.15, 0.2) is 12.7 Å². The van der Waals surface area contributed by atoms with E-state index in [0.29, 0.717) is 18.5 Å². The standard InChI is InChI=1S/C11H15N4O5P/c1-7-10-11(13-5-12-7)15(6-14-10)9-3-2-8(20-9)4-19-21(16,17)18/h5-6,8-9H,2-4H2,1H3,(H2,16,17,18)/t8-,9+/m0/s1. The second-order valence-corrected chi connectivity index (χ2v) is 6.10. The molecule has 0 spiro atoms. The van der Waals surface area contributed by atoms with Crippen LogP contribution >= 0.6 is 7.82 Å². The molecule has 0 unspecified atom stereocenters. The lowest BCUT2D eigenvalue weighted by Crippen LogP contribution is -2.16. The highest BCUT2D eigenvalue weighted by atomic mass is 31.2. The number of phosphoric ester groups is 1. The first kappa shape index (κ1) is 14.6. The summed E-state index contributed by atoms with van der Waals surface area (Å²) in [6, 6.07) is 0. The maximum absolute atomic E-state index is 10.7. The van der Waals surface area contributed by atoms with Crippen molar-refractivity contribution in [3.8, 4) is 0 Å². The molecular formula is C11H15N4O5P. The molecule has 2 aromatic rings. The highest BCUT2D eigenvalue weighted by Gasteiger charge is 2.30. The van der Waals surface area contributed by atoms with Gasteiger partial charge in [-0.25, -0.2) is 19.5 Å². The molecule has 1 aliphatic heterocycles. The maximum Gasteiger partial charge on any atom is 0.469 e. The predicted molar refractivity (Wildman–Crippen MR) is 71.2 cm³/mol. The Hall–Kier alpha value is -1.38. The molecule has 114 valence electrons. The summed E-state index contributed by atoms with van der Waals surface area (Å²) in [6.45, 7) is 1.72. The second-order valence-electron chi connectivity index (χ2n) is 4.86. The molecule has 3 heterocycles. The number of aromatic nitrogens is 4. The summed E-state index contributed by atoms with van der Waals surface area (Å²) in [5.74, 6) is 0. The Balaban J connectivity index is 1.73. The Kier molecular flexibility index (Phi) is 3.76. The Bertz CT molecular complexity index is 699. The lowest BCUT2D eigenvalue weighted by atomic mass is 10.2. The van der Waals surface area contributed by atoms with Gasteiger partial charge in [-0.3, -0.25) is 9.09 Å². The molecule has 0 aromatic carbocycles. The van der Waals surface area contributed by atoms with Crippen molar-refractivity contribution in [3.05, 3.63) is 18.3 Å². The number of aryl methyl sites for hydroxylation is 1. The van der Waals surface area contributed by atoms with Gasteiger partial charge in [0.15, 0.2) is 5.65 Å². The first-order valence-corrected chi connectivity index (χ1v) is 7.97. The Labute approximate surface area is 120 Å². The van der Waals surface area contributed by atoms with Gasteiger partial charge in [-0.1, -0.05) is 0 Å². The third kappa shape index (κ3) is 3.12. The summed E-state index contributed by atoms with van der Waals surface area (Å²) in [4.78, 5) is 30.0. The molecular weight excluding hydrogens is 299 g/mol. The van der Waals surface area contributed by atoms with E-state index in [4.69, 9.17) is 14.5 Å². The van der Waals surface area contributed by atoms with Gasteiger partial charge in [0.25, 0.3) is 0 Å². The summed E-state index contributed by atoms with van der Waals surface area (Å²) in [7, 11) is -4.46. The third-order valence-electron chi connectivity index (χ3n) is 3.37. The number of rotatable bonds is 4.